The summed E-state index contributed by atoms with van der Waals surface area (Å²) in [5.41, 5.74) is 3.14. The maximum Gasteiger partial charge on any atom is 0.161 e. The van der Waals surface area contributed by atoms with Gasteiger partial charge in [-0.2, -0.15) is 0 Å². The van der Waals surface area contributed by atoms with Crippen LogP contribution in [0, 0.1) is 0 Å². The lowest BCUT2D eigenvalue weighted by molar-refractivity contribution is 0.284. The second-order valence-corrected chi connectivity index (χ2v) is 7.56. The molecule has 0 atom stereocenters. The molecule has 1 N–H and O–H groups in total. The number of hydrogen-bond acceptors (Lipinski definition) is 4. The van der Waals surface area contributed by atoms with Crippen molar-refractivity contribution in [3.8, 4) is 17.2 Å². The highest BCUT2D eigenvalue weighted by atomic mass is 35.5. The fourth-order valence-corrected chi connectivity index (χ4v) is 3.53. The number of nitrogens with one attached hydrogen (secondary N) is 1. The van der Waals surface area contributed by atoms with Crippen molar-refractivity contribution < 1.29 is 14.2 Å². The smallest absolute Gasteiger partial charge is 0.161 e. The van der Waals surface area contributed by atoms with E-state index in [1.165, 1.54) is 5.56 Å². The van der Waals surface area contributed by atoms with Crippen molar-refractivity contribution >= 4 is 23.2 Å². The van der Waals surface area contributed by atoms with Crippen LogP contribution in [0.15, 0.2) is 60.7 Å². The Morgan fingerprint density at radius 1 is 0.800 bits per heavy atom. The van der Waals surface area contributed by atoms with Gasteiger partial charge in [-0.3, -0.25) is 0 Å². The molecular formula is C24H25Cl2NO3. The monoisotopic (exact) mass is 445 g/mol. The van der Waals surface area contributed by atoms with Crippen LogP contribution in [0.5, 0.6) is 17.2 Å². The molecule has 0 bridgehead atoms. The third kappa shape index (κ3) is 6.05. The first-order valence-corrected chi connectivity index (χ1v) is 10.4. The summed E-state index contributed by atoms with van der Waals surface area (Å²) in [7, 11) is 3.30. The van der Waals surface area contributed by atoms with Gasteiger partial charge >= 0.3 is 0 Å². The van der Waals surface area contributed by atoms with E-state index in [1.807, 2.05) is 36.4 Å². The van der Waals surface area contributed by atoms with Crippen molar-refractivity contribution in [3.63, 3.8) is 0 Å². The van der Waals surface area contributed by atoms with Crippen molar-refractivity contribution in [3.05, 3.63) is 87.4 Å². The average molecular weight is 446 g/mol. The minimum atomic E-state index is 0.272. The second-order valence-electron chi connectivity index (χ2n) is 6.75. The molecule has 0 saturated carbocycles. The van der Waals surface area contributed by atoms with Crippen LogP contribution in [0.2, 0.25) is 10.0 Å². The molecule has 158 valence electrons. The van der Waals surface area contributed by atoms with Gasteiger partial charge in [0.15, 0.2) is 11.5 Å². The van der Waals surface area contributed by atoms with E-state index in [-0.39, 0.29) is 6.61 Å². The van der Waals surface area contributed by atoms with Gasteiger partial charge in [0.2, 0.25) is 0 Å². The molecule has 0 aliphatic carbocycles. The Balaban J connectivity index is 1.53. The number of benzene rings is 3. The van der Waals surface area contributed by atoms with Gasteiger partial charge in [0.25, 0.3) is 0 Å². The minimum Gasteiger partial charge on any atom is -0.497 e. The zero-order valence-electron chi connectivity index (χ0n) is 17.1. The molecule has 0 aliphatic rings. The highest BCUT2D eigenvalue weighted by Crippen LogP contribution is 2.31. The van der Waals surface area contributed by atoms with E-state index in [2.05, 4.69) is 17.4 Å². The lowest BCUT2D eigenvalue weighted by atomic mass is 10.1. The van der Waals surface area contributed by atoms with E-state index in [0.717, 1.165) is 36.4 Å². The molecule has 0 aromatic heterocycles. The summed E-state index contributed by atoms with van der Waals surface area (Å²) in [6, 6.07) is 19.4. The summed E-state index contributed by atoms with van der Waals surface area (Å²) in [6.45, 7) is 1.88. The Bertz CT molecular complexity index is 941. The molecule has 30 heavy (non-hydrogen) atoms. The predicted molar refractivity (Wildman–Crippen MR) is 122 cm³/mol. The molecule has 3 rings (SSSR count). The number of halogens is 2. The van der Waals surface area contributed by atoms with Crippen LogP contribution >= 0.6 is 23.2 Å². The Morgan fingerprint density at radius 3 is 2.17 bits per heavy atom. The van der Waals surface area contributed by atoms with E-state index in [9.17, 15) is 0 Å². The highest BCUT2D eigenvalue weighted by molar-refractivity contribution is 6.35. The summed E-state index contributed by atoms with van der Waals surface area (Å²) in [5, 5.41) is 4.62. The van der Waals surface area contributed by atoms with E-state index < -0.39 is 0 Å². The Kier molecular flexibility index (Phi) is 8.26. The summed E-state index contributed by atoms with van der Waals surface area (Å²) in [5.74, 6) is 2.20. The Labute approximate surface area is 187 Å². The molecule has 3 aromatic rings. The summed E-state index contributed by atoms with van der Waals surface area (Å²) in [4.78, 5) is 0. The van der Waals surface area contributed by atoms with Crippen molar-refractivity contribution in [1.82, 2.24) is 5.32 Å². The van der Waals surface area contributed by atoms with Crippen molar-refractivity contribution in [1.29, 1.82) is 0 Å². The number of rotatable bonds is 10. The molecule has 0 saturated heterocycles. The maximum absolute atomic E-state index is 6.21. The molecule has 0 spiro atoms. The first kappa shape index (κ1) is 22.3. The van der Waals surface area contributed by atoms with Gasteiger partial charge in [-0.05, 0) is 60.5 Å². The molecule has 0 unspecified atom stereocenters. The van der Waals surface area contributed by atoms with Crippen LogP contribution in [0.3, 0.4) is 0 Å². The summed E-state index contributed by atoms with van der Waals surface area (Å²) < 4.78 is 16.6. The van der Waals surface area contributed by atoms with Crippen LogP contribution in [-0.4, -0.2) is 20.8 Å². The normalized spacial score (nSPS) is 10.7. The fourth-order valence-electron chi connectivity index (χ4n) is 3.02. The van der Waals surface area contributed by atoms with E-state index in [0.29, 0.717) is 21.5 Å². The zero-order valence-corrected chi connectivity index (χ0v) is 18.6. The number of hydrogen-bond donors (Lipinski definition) is 1. The van der Waals surface area contributed by atoms with E-state index in [4.69, 9.17) is 37.4 Å². The fraction of sp³-hybridized carbons (Fsp3) is 0.250. The van der Waals surface area contributed by atoms with Gasteiger partial charge in [0.1, 0.15) is 12.4 Å². The topological polar surface area (TPSA) is 39.7 Å². The average Bonchev–Trinajstić information content (AvgIpc) is 2.77. The van der Waals surface area contributed by atoms with Crippen molar-refractivity contribution in [2.24, 2.45) is 0 Å². The molecule has 0 aliphatic heterocycles. The summed E-state index contributed by atoms with van der Waals surface area (Å²) in [6.07, 6.45) is 0.945. The van der Waals surface area contributed by atoms with Gasteiger partial charge in [0, 0.05) is 22.2 Å². The van der Waals surface area contributed by atoms with E-state index in [1.54, 1.807) is 26.4 Å². The first-order chi connectivity index (χ1) is 14.6. The highest BCUT2D eigenvalue weighted by Gasteiger charge is 2.10. The third-order valence-electron chi connectivity index (χ3n) is 4.74. The zero-order chi connectivity index (χ0) is 21.3. The predicted octanol–water partition coefficient (Wildman–Crippen LogP) is 5.92. The number of ether oxygens (including phenoxy) is 3. The Morgan fingerprint density at radius 2 is 1.50 bits per heavy atom. The molecule has 0 radical (unpaired) electrons. The molecule has 3 aromatic carbocycles. The SMILES string of the molecule is COc1ccc(CCNCc2ccc(OCc3c(Cl)cccc3Cl)c(OC)c2)cc1. The molecule has 0 fully saturated rings. The summed E-state index contributed by atoms with van der Waals surface area (Å²) >= 11 is 12.4. The van der Waals surface area contributed by atoms with E-state index >= 15 is 0 Å². The third-order valence-corrected chi connectivity index (χ3v) is 5.45. The van der Waals surface area contributed by atoms with Crippen LogP contribution in [0.1, 0.15) is 16.7 Å². The van der Waals surface area contributed by atoms with Gasteiger partial charge in [0.05, 0.1) is 14.2 Å². The largest absolute Gasteiger partial charge is 0.497 e. The lowest BCUT2D eigenvalue weighted by Gasteiger charge is -2.14. The van der Waals surface area contributed by atoms with Gasteiger partial charge < -0.3 is 19.5 Å². The van der Waals surface area contributed by atoms with Gasteiger partial charge in [-0.1, -0.05) is 47.5 Å². The van der Waals surface area contributed by atoms with Crippen LogP contribution in [-0.2, 0) is 19.6 Å². The Hall–Kier alpha value is -2.40. The van der Waals surface area contributed by atoms with Gasteiger partial charge in [-0.25, -0.2) is 0 Å². The standard InChI is InChI=1S/C24H25Cl2NO3/c1-28-19-9-6-17(7-10-19)12-13-27-15-18-8-11-23(24(14-18)29-2)30-16-20-21(25)4-3-5-22(20)26/h3-11,14,27H,12-13,15-16H2,1-2H3. The van der Waals surface area contributed by atoms with Gasteiger partial charge in [-0.15, -0.1) is 0 Å². The molecule has 0 amide bonds. The second kappa shape index (κ2) is 11.1. The first-order valence-electron chi connectivity index (χ1n) is 9.67. The van der Waals surface area contributed by atoms with Crippen molar-refractivity contribution in [2.75, 3.05) is 20.8 Å². The molecular weight excluding hydrogens is 421 g/mol. The lowest BCUT2D eigenvalue weighted by Crippen LogP contribution is -2.16. The van der Waals surface area contributed by atoms with Crippen LogP contribution in [0.25, 0.3) is 0 Å². The molecule has 0 heterocycles. The number of methoxy groups -OCH3 is 2. The van der Waals surface area contributed by atoms with Crippen LogP contribution in [0.4, 0.5) is 0 Å². The quantitative estimate of drug-likeness (QED) is 0.393. The molecule has 6 heteroatoms. The maximum atomic E-state index is 6.21. The van der Waals surface area contributed by atoms with Crippen molar-refractivity contribution in [2.45, 2.75) is 19.6 Å². The molecule has 4 nitrogen and oxygen atoms in total. The van der Waals surface area contributed by atoms with Crippen LogP contribution < -0.4 is 19.5 Å². The minimum absolute atomic E-state index is 0.272.